The van der Waals surface area contributed by atoms with E-state index in [4.69, 9.17) is 0 Å². The van der Waals surface area contributed by atoms with Crippen molar-refractivity contribution in [1.29, 1.82) is 0 Å². The summed E-state index contributed by atoms with van der Waals surface area (Å²) in [7, 11) is 0. The molecule has 0 amide bonds. The Morgan fingerprint density at radius 2 is 2.11 bits per heavy atom. The Morgan fingerprint density at radius 1 is 1.32 bits per heavy atom. The summed E-state index contributed by atoms with van der Waals surface area (Å²) in [6, 6.07) is 10.6. The monoisotopic (exact) mass is 276 g/mol. The number of nitrogens with one attached hydrogen (secondary N) is 1. The smallest absolute Gasteiger partial charge is 0.109 e. The first-order chi connectivity index (χ1) is 9.31. The van der Waals surface area contributed by atoms with E-state index in [1.54, 1.807) is 11.3 Å². The largest absolute Gasteiger partial charge is 0.396 e. The molecule has 0 radical (unpaired) electrons. The lowest BCUT2D eigenvalue weighted by Crippen LogP contribution is -2.25. The van der Waals surface area contributed by atoms with Crippen molar-refractivity contribution in [3.05, 3.63) is 52.5 Å². The molecule has 0 spiro atoms. The number of thiazole rings is 1. The highest BCUT2D eigenvalue weighted by Crippen LogP contribution is 2.21. The molecule has 19 heavy (non-hydrogen) atoms. The normalized spacial score (nSPS) is 14.2. The van der Waals surface area contributed by atoms with Gasteiger partial charge in [0.15, 0.2) is 0 Å². The average molecular weight is 276 g/mol. The summed E-state index contributed by atoms with van der Waals surface area (Å²) in [4.78, 5) is 4.32. The standard InChI is InChI=1S/C15H20N2OS/c1-12(15-16-8-10-19-15)17-11-14(7-9-18)13-5-3-2-4-6-13/h2-6,8,10,12,14,17-18H,7,9,11H2,1H3. The lowest BCUT2D eigenvalue weighted by atomic mass is 9.96. The molecular weight excluding hydrogens is 256 g/mol. The van der Waals surface area contributed by atoms with Gasteiger partial charge in [0, 0.05) is 24.7 Å². The second kappa shape index (κ2) is 7.38. The molecule has 0 fully saturated rings. The van der Waals surface area contributed by atoms with Crippen LogP contribution in [0.25, 0.3) is 0 Å². The summed E-state index contributed by atoms with van der Waals surface area (Å²) >= 11 is 1.67. The fourth-order valence-corrected chi connectivity index (χ4v) is 2.79. The summed E-state index contributed by atoms with van der Waals surface area (Å²) in [6.45, 7) is 3.19. The number of hydrogen-bond donors (Lipinski definition) is 2. The summed E-state index contributed by atoms with van der Waals surface area (Å²) in [5.74, 6) is 0.341. The Hall–Kier alpha value is -1.23. The van der Waals surface area contributed by atoms with Crippen LogP contribution in [0.2, 0.25) is 0 Å². The van der Waals surface area contributed by atoms with Crippen LogP contribution in [0.5, 0.6) is 0 Å². The van der Waals surface area contributed by atoms with Gasteiger partial charge in [0.2, 0.25) is 0 Å². The Balaban J connectivity index is 1.94. The van der Waals surface area contributed by atoms with E-state index in [1.807, 2.05) is 29.8 Å². The van der Waals surface area contributed by atoms with E-state index in [1.165, 1.54) is 5.56 Å². The highest BCUT2D eigenvalue weighted by molar-refractivity contribution is 7.09. The molecule has 2 unspecified atom stereocenters. The zero-order chi connectivity index (χ0) is 13.5. The van der Waals surface area contributed by atoms with Crippen LogP contribution in [0, 0.1) is 0 Å². The van der Waals surface area contributed by atoms with Gasteiger partial charge in [-0.25, -0.2) is 4.98 Å². The molecule has 0 aliphatic heterocycles. The van der Waals surface area contributed by atoms with E-state index in [2.05, 4.69) is 29.4 Å². The van der Waals surface area contributed by atoms with E-state index < -0.39 is 0 Å². The van der Waals surface area contributed by atoms with Crippen LogP contribution in [0.3, 0.4) is 0 Å². The van der Waals surface area contributed by atoms with E-state index in [-0.39, 0.29) is 12.6 Å². The number of rotatable bonds is 7. The third kappa shape index (κ3) is 4.13. The molecule has 2 atom stereocenters. The molecule has 0 aliphatic rings. The van der Waals surface area contributed by atoms with Crippen LogP contribution < -0.4 is 5.32 Å². The summed E-state index contributed by atoms with van der Waals surface area (Å²) in [6.07, 6.45) is 2.61. The quantitative estimate of drug-likeness (QED) is 0.817. The SMILES string of the molecule is CC(NCC(CCO)c1ccccc1)c1nccs1. The highest BCUT2D eigenvalue weighted by Gasteiger charge is 2.13. The third-order valence-electron chi connectivity index (χ3n) is 3.24. The zero-order valence-electron chi connectivity index (χ0n) is 11.1. The molecule has 2 rings (SSSR count). The maximum Gasteiger partial charge on any atom is 0.109 e. The third-order valence-corrected chi connectivity index (χ3v) is 4.20. The van der Waals surface area contributed by atoms with Gasteiger partial charge in [-0.3, -0.25) is 0 Å². The van der Waals surface area contributed by atoms with Crippen LogP contribution in [-0.4, -0.2) is 23.2 Å². The fraction of sp³-hybridized carbons (Fsp3) is 0.400. The lowest BCUT2D eigenvalue weighted by molar-refractivity contribution is 0.272. The molecule has 1 aromatic heterocycles. The van der Waals surface area contributed by atoms with Crippen LogP contribution >= 0.6 is 11.3 Å². The number of aromatic nitrogens is 1. The highest BCUT2D eigenvalue weighted by atomic mass is 32.1. The topological polar surface area (TPSA) is 45.1 Å². The number of aliphatic hydroxyl groups is 1. The predicted octanol–water partition coefficient (Wildman–Crippen LogP) is 2.96. The van der Waals surface area contributed by atoms with Gasteiger partial charge in [-0.15, -0.1) is 11.3 Å². The Morgan fingerprint density at radius 3 is 2.74 bits per heavy atom. The number of aliphatic hydroxyl groups excluding tert-OH is 1. The van der Waals surface area contributed by atoms with Crippen molar-refractivity contribution in [2.75, 3.05) is 13.2 Å². The molecule has 102 valence electrons. The zero-order valence-corrected chi connectivity index (χ0v) is 11.9. The van der Waals surface area contributed by atoms with Crippen molar-refractivity contribution in [2.45, 2.75) is 25.3 Å². The van der Waals surface area contributed by atoms with E-state index in [9.17, 15) is 5.11 Å². The molecule has 0 aliphatic carbocycles. The van der Waals surface area contributed by atoms with Crippen LogP contribution in [0.4, 0.5) is 0 Å². The molecule has 0 saturated carbocycles. The fourth-order valence-electron chi connectivity index (χ4n) is 2.12. The molecule has 2 N–H and O–H groups in total. The van der Waals surface area contributed by atoms with Crippen molar-refractivity contribution >= 4 is 11.3 Å². The number of nitrogens with zero attached hydrogens (tertiary/aromatic N) is 1. The van der Waals surface area contributed by atoms with Crippen molar-refractivity contribution in [2.24, 2.45) is 0 Å². The van der Waals surface area contributed by atoms with Crippen LogP contribution in [-0.2, 0) is 0 Å². The first-order valence-corrected chi connectivity index (χ1v) is 7.47. The molecular formula is C15H20N2OS. The molecule has 2 aromatic rings. The summed E-state index contributed by atoms with van der Waals surface area (Å²) in [5.41, 5.74) is 1.27. The van der Waals surface area contributed by atoms with Gasteiger partial charge in [0.25, 0.3) is 0 Å². The second-order valence-corrected chi connectivity index (χ2v) is 5.55. The number of hydrogen-bond acceptors (Lipinski definition) is 4. The van der Waals surface area contributed by atoms with Crippen molar-refractivity contribution in [1.82, 2.24) is 10.3 Å². The molecule has 3 nitrogen and oxygen atoms in total. The van der Waals surface area contributed by atoms with Gasteiger partial charge >= 0.3 is 0 Å². The molecule has 0 saturated heterocycles. The molecule has 1 aromatic carbocycles. The minimum absolute atomic E-state index is 0.215. The first-order valence-electron chi connectivity index (χ1n) is 6.60. The van der Waals surface area contributed by atoms with Crippen LogP contribution in [0.1, 0.15) is 35.9 Å². The minimum Gasteiger partial charge on any atom is -0.396 e. The minimum atomic E-state index is 0.215. The van der Waals surface area contributed by atoms with Crippen LogP contribution in [0.15, 0.2) is 41.9 Å². The summed E-state index contributed by atoms with van der Waals surface area (Å²) < 4.78 is 0. The maximum absolute atomic E-state index is 9.21. The van der Waals surface area contributed by atoms with Gasteiger partial charge in [-0.1, -0.05) is 30.3 Å². The molecule has 0 bridgehead atoms. The van der Waals surface area contributed by atoms with Gasteiger partial charge in [0.05, 0.1) is 6.04 Å². The van der Waals surface area contributed by atoms with E-state index in [0.717, 1.165) is 18.0 Å². The molecule has 4 heteroatoms. The predicted molar refractivity (Wildman–Crippen MR) is 79.4 cm³/mol. The van der Waals surface area contributed by atoms with E-state index >= 15 is 0 Å². The average Bonchev–Trinajstić information content (AvgIpc) is 2.98. The maximum atomic E-state index is 9.21. The van der Waals surface area contributed by atoms with Crippen molar-refractivity contribution < 1.29 is 5.11 Å². The first kappa shape index (κ1) is 14.2. The number of benzene rings is 1. The Labute approximate surface area is 118 Å². The summed E-state index contributed by atoms with van der Waals surface area (Å²) in [5, 5.41) is 15.8. The van der Waals surface area contributed by atoms with Crippen molar-refractivity contribution in [3.8, 4) is 0 Å². The Bertz CT molecular complexity index is 458. The molecule has 1 heterocycles. The van der Waals surface area contributed by atoms with Gasteiger partial charge in [-0.05, 0) is 24.8 Å². The van der Waals surface area contributed by atoms with Gasteiger partial charge in [-0.2, -0.15) is 0 Å². The van der Waals surface area contributed by atoms with Crippen molar-refractivity contribution in [3.63, 3.8) is 0 Å². The van der Waals surface area contributed by atoms with Gasteiger partial charge < -0.3 is 10.4 Å². The lowest BCUT2D eigenvalue weighted by Gasteiger charge is -2.19. The van der Waals surface area contributed by atoms with E-state index in [0.29, 0.717) is 5.92 Å². The second-order valence-electron chi connectivity index (χ2n) is 4.62. The Kier molecular flexibility index (Phi) is 5.51. The van der Waals surface area contributed by atoms with Gasteiger partial charge in [0.1, 0.15) is 5.01 Å².